The highest BCUT2D eigenvalue weighted by Gasteiger charge is 2.15. The third-order valence-corrected chi connectivity index (χ3v) is 7.48. The van der Waals surface area contributed by atoms with Gasteiger partial charge in [0.25, 0.3) is 5.91 Å². The zero-order chi connectivity index (χ0) is 21.9. The molecule has 0 saturated heterocycles. The number of amides is 1. The molecule has 1 N–H and O–H groups in total. The molecule has 5 rings (SSSR count). The van der Waals surface area contributed by atoms with E-state index in [1.165, 1.54) is 34.4 Å². The highest BCUT2D eigenvalue weighted by Crippen LogP contribution is 2.35. The first kappa shape index (κ1) is 20.8. The minimum atomic E-state index is -0.302. The van der Waals surface area contributed by atoms with Gasteiger partial charge in [0, 0.05) is 27.7 Å². The third-order valence-electron chi connectivity index (χ3n) is 4.31. The first-order valence-corrected chi connectivity index (χ1v) is 12.2. The number of hydrogen-bond acceptors (Lipinski definition) is 8. The van der Waals surface area contributed by atoms with Crippen LogP contribution in [0.25, 0.3) is 16.3 Å². The van der Waals surface area contributed by atoms with Gasteiger partial charge in [-0.15, -0.1) is 21.5 Å². The van der Waals surface area contributed by atoms with E-state index in [1.807, 2.05) is 42.6 Å². The number of nitrogens with zero attached hydrogens (tertiary/aromatic N) is 5. The van der Waals surface area contributed by atoms with Crippen LogP contribution in [0.2, 0.25) is 5.02 Å². The molecule has 3 aromatic heterocycles. The Labute approximate surface area is 200 Å². The van der Waals surface area contributed by atoms with E-state index in [-0.39, 0.29) is 5.91 Å². The number of benzene rings is 2. The lowest BCUT2D eigenvalue weighted by atomic mass is 10.3. The molecule has 0 unspecified atom stereocenters. The highest BCUT2D eigenvalue weighted by molar-refractivity contribution is 8.01. The summed E-state index contributed by atoms with van der Waals surface area (Å²) in [5, 5.41) is 18.0. The molecule has 0 saturated carbocycles. The lowest BCUT2D eigenvalue weighted by Crippen LogP contribution is -2.12. The molecular formula is C21H13ClN6OS3. The molecule has 3 heterocycles. The number of para-hydroxylation sites is 1. The van der Waals surface area contributed by atoms with Gasteiger partial charge in [0.05, 0.1) is 16.9 Å². The molecule has 0 aliphatic carbocycles. The number of carbonyl (C=O) groups is 1. The molecule has 0 aliphatic heterocycles. The summed E-state index contributed by atoms with van der Waals surface area (Å²) in [6, 6.07) is 15.2. The Hall–Kier alpha value is -3.05. The average Bonchev–Trinajstić information content (AvgIpc) is 3.58. The van der Waals surface area contributed by atoms with Crippen molar-refractivity contribution in [2.75, 3.05) is 5.32 Å². The van der Waals surface area contributed by atoms with E-state index in [0.717, 1.165) is 25.5 Å². The van der Waals surface area contributed by atoms with Crippen molar-refractivity contribution in [1.82, 2.24) is 25.0 Å². The standard InChI is InChI=1S/C21H13ClN6OS3/c22-16-8-14(6-7-18(16)32-21-27-23-12-31-21)25-19(29)17-11-30-20(26-17)13-9-24-28(10-13)15-4-2-1-3-5-15/h1-12H,(H,25,29). The van der Waals surface area contributed by atoms with Gasteiger partial charge < -0.3 is 5.32 Å². The van der Waals surface area contributed by atoms with E-state index in [2.05, 4.69) is 25.6 Å². The number of hydrogen-bond donors (Lipinski definition) is 1. The van der Waals surface area contributed by atoms with Gasteiger partial charge >= 0.3 is 0 Å². The van der Waals surface area contributed by atoms with Gasteiger partial charge in [-0.05, 0) is 30.3 Å². The molecule has 0 fully saturated rings. The summed E-state index contributed by atoms with van der Waals surface area (Å²) in [5.74, 6) is -0.302. The van der Waals surface area contributed by atoms with Crippen LogP contribution in [0.4, 0.5) is 5.69 Å². The maximum Gasteiger partial charge on any atom is 0.275 e. The van der Waals surface area contributed by atoms with Gasteiger partial charge in [0.15, 0.2) is 4.34 Å². The smallest absolute Gasteiger partial charge is 0.275 e. The fraction of sp³-hybridized carbons (Fsp3) is 0. The molecule has 1 amide bonds. The van der Waals surface area contributed by atoms with E-state index < -0.39 is 0 Å². The van der Waals surface area contributed by atoms with Crippen LogP contribution in [0.15, 0.2) is 81.1 Å². The number of carbonyl (C=O) groups excluding carboxylic acids is 1. The quantitative estimate of drug-likeness (QED) is 0.315. The van der Waals surface area contributed by atoms with E-state index in [0.29, 0.717) is 16.4 Å². The van der Waals surface area contributed by atoms with E-state index in [9.17, 15) is 4.79 Å². The maximum atomic E-state index is 12.7. The predicted octanol–water partition coefficient (Wildman–Crippen LogP) is 5.90. The van der Waals surface area contributed by atoms with Gasteiger partial charge in [0.2, 0.25) is 0 Å². The Balaban J connectivity index is 1.28. The Morgan fingerprint density at radius 1 is 1.12 bits per heavy atom. The minimum absolute atomic E-state index is 0.302. The predicted molar refractivity (Wildman–Crippen MR) is 128 cm³/mol. The molecule has 11 heteroatoms. The van der Waals surface area contributed by atoms with Crippen LogP contribution in [-0.4, -0.2) is 30.9 Å². The van der Waals surface area contributed by atoms with Gasteiger partial charge in [-0.3, -0.25) is 4.79 Å². The van der Waals surface area contributed by atoms with Crippen molar-refractivity contribution >= 4 is 57.6 Å². The molecule has 0 spiro atoms. The summed E-state index contributed by atoms with van der Waals surface area (Å²) in [6.45, 7) is 0. The Kier molecular flexibility index (Phi) is 5.99. The van der Waals surface area contributed by atoms with Crippen molar-refractivity contribution in [3.8, 4) is 16.3 Å². The van der Waals surface area contributed by atoms with Gasteiger partial charge in [-0.1, -0.05) is 52.9 Å². The van der Waals surface area contributed by atoms with Crippen LogP contribution in [0.3, 0.4) is 0 Å². The van der Waals surface area contributed by atoms with Crippen LogP contribution in [0.1, 0.15) is 10.5 Å². The largest absolute Gasteiger partial charge is 0.321 e. The van der Waals surface area contributed by atoms with Gasteiger partial charge in [-0.2, -0.15) is 5.10 Å². The minimum Gasteiger partial charge on any atom is -0.321 e. The first-order valence-electron chi connectivity index (χ1n) is 9.26. The van der Waals surface area contributed by atoms with Crippen molar-refractivity contribution in [3.63, 3.8) is 0 Å². The Morgan fingerprint density at radius 3 is 2.78 bits per heavy atom. The number of nitrogens with one attached hydrogen (secondary N) is 1. The maximum absolute atomic E-state index is 12.7. The molecular weight excluding hydrogens is 484 g/mol. The third kappa shape index (κ3) is 4.58. The molecule has 7 nitrogen and oxygen atoms in total. The molecule has 158 valence electrons. The zero-order valence-electron chi connectivity index (χ0n) is 16.2. The summed E-state index contributed by atoms with van der Waals surface area (Å²) in [6.07, 6.45) is 3.63. The zero-order valence-corrected chi connectivity index (χ0v) is 19.4. The second-order valence-corrected chi connectivity index (χ2v) is 9.84. The fourth-order valence-corrected chi connectivity index (χ4v) is 5.33. The van der Waals surface area contributed by atoms with Crippen LogP contribution >= 0.6 is 46.0 Å². The van der Waals surface area contributed by atoms with Crippen LogP contribution in [0, 0.1) is 0 Å². The molecule has 0 radical (unpaired) electrons. The Bertz CT molecular complexity index is 1370. The van der Waals surface area contributed by atoms with Crippen molar-refractivity contribution in [2.24, 2.45) is 0 Å². The summed E-state index contributed by atoms with van der Waals surface area (Å²) >= 11 is 10.6. The van der Waals surface area contributed by atoms with E-state index in [4.69, 9.17) is 11.6 Å². The second kappa shape index (κ2) is 9.21. The summed E-state index contributed by atoms with van der Waals surface area (Å²) < 4.78 is 2.58. The molecule has 0 atom stereocenters. The molecule has 32 heavy (non-hydrogen) atoms. The summed E-state index contributed by atoms with van der Waals surface area (Å²) in [5.41, 5.74) is 4.39. The molecule has 0 aliphatic rings. The topological polar surface area (TPSA) is 85.6 Å². The number of halogens is 1. The SMILES string of the molecule is O=C(Nc1ccc(Sc2nncs2)c(Cl)c1)c1csc(-c2cnn(-c3ccccc3)c2)n1. The fourth-order valence-electron chi connectivity index (χ4n) is 2.82. The van der Waals surface area contributed by atoms with E-state index >= 15 is 0 Å². The number of aromatic nitrogens is 5. The lowest BCUT2D eigenvalue weighted by molar-refractivity contribution is 0.102. The van der Waals surface area contributed by atoms with Crippen LogP contribution in [0.5, 0.6) is 0 Å². The van der Waals surface area contributed by atoms with Crippen molar-refractivity contribution in [3.05, 3.63) is 82.5 Å². The second-order valence-electron chi connectivity index (χ2n) is 6.45. The number of anilines is 1. The van der Waals surface area contributed by atoms with Crippen LogP contribution < -0.4 is 5.32 Å². The average molecular weight is 497 g/mol. The lowest BCUT2D eigenvalue weighted by Gasteiger charge is -2.06. The van der Waals surface area contributed by atoms with Crippen molar-refractivity contribution < 1.29 is 4.79 Å². The molecule has 5 aromatic rings. The summed E-state index contributed by atoms with van der Waals surface area (Å²) in [4.78, 5) is 18.0. The molecule has 2 aromatic carbocycles. The normalized spacial score (nSPS) is 10.9. The Morgan fingerprint density at radius 2 is 2.00 bits per heavy atom. The number of rotatable bonds is 6. The monoisotopic (exact) mass is 496 g/mol. The number of thiazole rings is 1. The van der Waals surface area contributed by atoms with Crippen LogP contribution in [-0.2, 0) is 0 Å². The van der Waals surface area contributed by atoms with E-state index in [1.54, 1.807) is 33.9 Å². The highest BCUT2D eigenvalue weighted by atomic mass is 35.5. The molecule has 0 bridgehead atoms. The van der Waals surface area contributed by atoms with Crippen molar-refractivity contribution in [2.45, 2.75) is 9.24 Å². The first-order chi connectivity index (χ1) is 15.7. The van der Waals surface area contributed by atoms with Gasteiger partial charge in [0.1, 0.15) is 16.2 Å². The van der Waals surface area contributed by atoms with Gasteiger partial charge in [-0.25, -0.2) is 9.67 Å². The summed E-state index contributed by atoms with van der Waals surface area (Å²) in [7, 11) is 0. The van der Waals surface area contributed by atoms with Crippen molar-refractivity contribution in [1.29, 1.82) is 0 Å².